The van der Waals surface area contributed by atoms with Crippen LogP contribution in [0, 0.1) is 0 Å². The summed E-state index contributed by atoms with van der Waals surface area (Å²) in [6.07, 6.45) is 2.08. The number of aryl methyl sites for hydroxylation is 1. The zero-order valence-electron chi connectivity index (χ0n) is 15.4. The van der Waals surface area contributed by atoms with Gasteiger partial charge in [0.2, 0.25) is 0 Å². The second kappa shape index (κ2) is 7.77. The maximum atomic E-state index is 12.0. The highest BCUT2D eigenvalue weighted by Gasteiger charge is 2.11. The molecule has 0 spiro atoms. The van der Waals surface area contributed by atoms with Crippen LogP contribution in [0.15, 0.2) is 82.0 Å². The third-order valence-corrected chi connectivity index (χ3v) is 5.06. The van der Waals surface area contributed by atoms with E-state index in [1.165, 1.54) is 5.56 Å². The molecule has 1 heterocycles. The molecule has 0 unspecified atom stereocenters. The summed E-state index contributed by atoms with van der Waals surface area (Å²) in [5.74, 6) is 0. The van der Waals surface area contributed by atoms with E-state index in [2.05, 4.69) is 48.6 Å². The Bertz CT molecular complexity index is 1120. The number of fused-ring (bicyclic) bond motifs is 3. The molecular weight excluding hydrogens is 334 g/mol. The van der Waals surface area contributed by atoms with E-state index in [0.717, 1.165) is 34.6 Å². The average molecular weight is 357 g/mol. The zero-order valence-corrected chi connectivity index (χ0v) is 15.4. The molecule has 1 aromatic heterocycles. The van der Waals surface area contributed by atoms with Crippen LogP contribution < -0.4 is 10.9 Å². The van der Waals surface area contributed by atoms with E-state index in [-0.39, 0.29) is 5.63 Å². The lowest BCUT2D eigenvalue weighted by Gasteiger charge is -2.15. The van der Waals surface area contributed by atoms with E-state index < -0.39 is 0 Å². The van der Waals surface area contributed by atoms with Gasteiger partial charge in [-0.2, -0.15) is 0 Å². The molecule has 0 aliphatic rings. The maximum Gasteiger partial charge on any atom is 0.336 e. The summed E-state index contributed by atoms with van der Waals surface area (Å²) in [4.78, 5) is 12.0. The van der Waals surface area contributed by atoms with Crippen LogP contribution in [0.4, 0.5) is 0 Å². The van der Waals surface area contributed by atoms with Gasteiger partial charge >= 0.3 is 5.63 Å². The molecule has 0 aliphatic carbocycles. The fourth-order valence-electron chi connectivity index (χ4n) is 3.57. The van der Waals surface area contributed by atoms with Crippen LogP contribution in [0.1, 0.15) is 24.5 Å². The SMILES string of the molecule is C[C@H](CCc1ccccc1)NCc1cc(=O)oc2ccc3ccccc3c12. The van der Waals surface area contributed by atoms with Crippen LogP contribution in [0.5, 0.6) is 0 Å². The van der Waals surface area contributed by atoms with Gasteiger partial charge in [0.15, 0.2) is 0 Å². The molecule has 4 rings (SSSR count). The molecule has 3 aromatic carbocycles. The van der Waals surface area contributed by atoms with Crippen molar-refractivity contribution in [1.29, 1.82) is 0 Å². The quantitative estimate of drug-likeness (QED) is 0.387. The normalized spacial score (nSPS) is 12.5. The minimum Gasteiger partial charge on any atom is -0.423 e. The number of hydrogen-bond donors (Lipinski definition) is 1. The van der Waals surface area contributed by atoms with Gasteiger partial charge in [-0.05, 0) is 47.7 Å². The van der Waals surface area contributed by atoms with Crippen molar-refractivity contribution in [3.63, 3.8) is 0 Å². The first-order valence-corrected chi connectivity index (χ1v) is 9.42. The van der Waals surface area contributed by atoms with Crippen molar-refractivity contribution in [2.45, 2.75) is 32.4 Å². The van der Waals surface area contributed by atoms with Crippen LogP contribution >= 0.6 is 0 Å². The first-order valence-electron chi connectivity index (χ1n) is 9.42. The van der Waals surface area contributed by atoms with Crippen molar-refractivity contribution in [2.75, 3.05) is 0 Å². The van der Waals surface area contributed by atoms with Gasteiger partial charge in [-0.15, -0.1) is 0 Å². The van der Waals surface area contributed by atoms with Gasteiger partial charge < -0.3 is 9.73 Å². The Morgan fingerprint density at radius 3 is 2.59 bits per heavy atom. The number of benzene rings is 3. The van der Waals surface area contributed by atoms with Gasteiger partial charge in [-0.1, -0.05) is 60.7 Å². The van der Waals surface area contributed by atoms with E-state index in [1.807, 2.05) is 30.3 Å². The molecule has 3 nitrogen and oxygen atoms in total. The predicted molar refractivity (Wildman–Crippen MR) is 111 cm³/mol. The van der Waals surface area contributed by atoms with Gasteiger partial charge in [-0.3, -0.25) is 0 Å². The molecule has 0 saturated carbocycles. The molecular formula is C24H23NO2. The molecule has 0 amide bonds. The monoisotopic (exact) mass is 357 g/mol. The molecule has 0 saturated heterocycles. The minimum absolute atomic E-state index is 0.300. The highest BCUT2D eigenvalue weighted by Crippen LogP contribution is 2.27. The maximum absolute atomic E-state index is 12.0. The first kappa shape index (κ1) is 17.5. The van der Waals surface area contributed by atoms with Gasteiger partial charge in [0.1, 0.15) is 5.58 Å². The lowest BCUT2D eigenvalue weighted by atomic mass is 10.0. The van der Waals surface area contributed by atoms with Crippen LogP contribution in [-0.2, 0) is 13.0 Å². The average Bonchev–Trinajstić information content (AvgIpc) is 2.70. The van der Waals surface area contributed by atoms with Crippen LogP contribution in [0.3, 0.4) is 0 Å². The molecule has 0 bridgehead atoms. The van der Waals surface area contributed by atoms with Crippen molar-refractivity contribution in [2.24, 2.45) is 0 Å². The summed E-state index contributed by atoms with van der Waals surface area (Å²) >= 11 is 0. The van der Waals surface area contributed by atoms with E-state index in [9.17, 15) is 4.79 Å². The summed E-state index contributed by atoms with van der Waals surface area (Å²) in [6.45, 7) is 2.83. The van der Waals surface area contributed by atoms with Crippen LogP contribution in [0.2, 0.25) is 0 Å². The lowest BCUT2D eigenvalue weighted by Crippen LogP contribution is -2.26. The minimum atomic E-state index is -0.300. The van der Waals surface area contributed by atoms with Crippen LogP contribution in [-0.4, -0.2) is 6.04 Å². The van der Waals surface area contributed by atoms with Gasteiger partial charge in [-0.25, -0.2) is 4.79 Å². The van der Waals surface area contributed by atoms with Crippen molar-refractivity contribution in [3.8, 4) is 0 Å². The molecule has 1 atom stereocenters. The van der Waals surface area contributed by atoms with E-state index >= 15 is 0 Å². The van der Waals surface area contributed by atoms with E-state index in [4.69, 9.17) is 4.42 Å². The van der Waals surface area contributed by atoms with Crippen LogP contribution in [0.25, 0.3) is 21.7 Å². The molecule has 0 radical (unpaired) electrons. The molecule has 3 heteroatoms. The molecule has 136 valence electrons. The van der Waals surface area contributed by atoms with Crippen molar-refractivity contribution in [1.82, 2.24) is 5.32 Å². The summed E-state index contributed by atoms with van der Waals surface area (Å²) < 4.78 is 5.44. The summed E-state index contributed by atoms with van der Waals surface area (Å²) in [5.41, 5.74) is 2.69. The van der Waals surface area contributed by atoms with E-state index in [1.54, 1.807) is 6.07 Å². The van der Waals surface area contributed by atoms with Gasteiger partial charge in [0, 0.05) is 24.0 Å². The van der Waals surface area contributed by atoms with Crippen molar-refractivity contribution in [3.05, 3.63) is 94.3 Å². The lowest BCUT2D eigenvalue weighted by molar-refractivity contribution is 0.510. The standard InChI is InChI=1S/C24H23NO2/c1-17(11-12-18-7-3-2-4-8-18)25-16-20-15-23(26)27-22-14-13-19-9-5-6-10-21(19)24(20)22/h2-10,13-15,17,25H,11-12,16H2,1H3/t17-/m1/s1. The first-order chi connectivity index (χ1) is 13.2. The Balaban J connectivity index is 1.56. The topological polar surface area (TPSA) is 42.2 Å². The fourth-order valence-corrected chi connectivity index (χ4v) is 3.57. The Hall–Kier alpha value is -2.91. The predicted octanol–water partition coefficient (Wildman–Crippen LogP) is 5.06. The molecule has 0 fully saturated rings. The molecule has 27 heavy (non-hydrogen) atoms. The number of rotatable bonds is 6. The zero-order chi connectivity index (χ0) is 18.6. The summed E-state index contributed by atoms with van der Waals surface area (Å²) in [5, 5.41) is 6.86. The Morgan fingerprint density at radius 2 is 1.74 bits per heavy atom. The highest BCUT2D eigenvalue weighted by atomic mass is 16.4. The van der Waals surface area contributed by atoms with E-state index in [0.29, 0.717) is 18.2 Å². The molecule has 1 N–H and O–H groups in total. The molecule has 4 aromatic rings. The summed E-state index contributed by atoms with van der Waals surface area (Å²) in [6, 6.07) is 24.6. The van der Waals surface area contributed by atoms with Crippen molar-refractivity contribution >= 4 is 21.7 Å². The smallest absolute Gasteiger partial charge is 0.336 e. The summed E-state index contributed by atoms with van der Waals surface area (Å²) in [7, 11) is 0. The van der Waals surface area contributed by atoms with Gasteiger partial charge in [0.25, 0.3) is 0 Å². The molecule has 0 aliphatic heterocycles. The Morgan fingerprint density at radius 1 is 0.963 bits per heavy atom. The largest absolute Gasteiger partial charge is 0.423 e. The van der Waals surface area contributed by atoms with Crippen molar-refractivity contribution < 1.29 is 4.42 Å². The number of nitrogens with one attached hydrogen (secondary N) is 1. The third-order valence-electron chi connectivity index (χ3n) is 5.06. The van der Waals surface area contributed by atoms with Gasteiger partial charge in [0.05, 0.1) is 0 Å². The fraction of sp³-hybridized carbons (Fsp3) is 0.208. The Labute approximate surface area is 158 Å². The highest BCUT2D eigenvalue weighted by molar-refractivity contribution is 6.07. The number of hydrogen-bond acceptors (Lipinski definition) is 3. The second-order valence-corrected chi connectivity index (χ2v) is 7.06. The second-order valence-electron chi connectivity index (χ2n) is 7.06. The third kappa shape index (κ3) is 3.93. The Kier molecular flexibility index (Phi) is 5.03.